The van der Waals surface area contributed by atoms with Crippen LogP contribution >= 0.6 is 0 Å². The van der Waals surface area contributed by atoms with Crippen molar-refractivity contribution in [1.29, 1.82) is 0 Å². The third kappa shape index (κ3) is 14.8. The molecule has 2 saturated heterocycles. The molecule has 2 aliphatic heterocycles. The molecule has 7 aromatic carbocycles. The van der Waals surface area contributed by atoms with Gasteiger partial charge in [0.2, 0.25) is 0 Å². The molecular formula is C61H64O11. The molecule has 7 aromatic rings. The fourth-order valence-corrected chi connectivity index (χ4v) is 8.97. The van der Waals surface area contributed by atoms with Crippen LogP contribution in [0.1, 0.15) is 38.9 Å². The monoisotopic (exact) mass is 972 g/mol. The van der Waals surface area contributed by atoms with E-state index in [1.165, 1.54) is 0 Å². The first-order chi connectivity index (χ1) is 35.6. The minimum absolute atomic E-state index is 0.0375. The van der Waals surface area contributed by atoms with Gasteiger partial charge in [-0.2, -0.15) is 0 Å². The van der Waals surface area contributed by atoms with Gasteiger partial charge in [-0.25, -0.2) is 0 Å². The zero-order chi connectivity index (χ0) is 49.0. The van der Waals surface area contributed by atoms with Crippen LogP contribution in [0.4, 0.5) is 0 Å². The summed E-state index contributed by atoms with van der Waals surface area (Å²) in [4.78, 5) is 0. The second-order valence-corrected chi connectivity index (χ2v) is 18.0. The first kappa shape index (κ1) is 51.0. The van der Waals surface area contributed by atoms with Crippen molar-refractivity contribution in [3.63, 3.8) is 0 Å². The average Bonchev–Trinajstić information content (AvgIpc) is 3.43. The van der Waals surface area contributed by atoms with Crippen LogP contribution in [0.15, 0.2) is 212 Å². The summed E-state index contributed by atoms with van der Waals surface area (Å²) in [5.41, 5.74) is 6.75. The molecule has 72 heavy (non-hydrogen) atoms. The zero-order valence-corrected chi connectivity index (χ0v) is 40.4. The highest BCUT2D eigenvalue weighted by Crippen LogP contribution is 2.36. The number of aliphatic hydroxyl groups excluding tert-OH is 1. The average molecular weight is 973 g/mol. The Labute approximate surface area is 423 Å². The summed E-state index contributed by atoms with van der Waals surface area (Å²) in [5.74, 6) is 0. The van der Waals surface area contributed by atoms with Gasteiger partial charge in [-0.05, 0) is 38.9 Å². The second kappa shape index (κ2) is 27.2. The Hall–Kier alpha value is -5.90. The van der Waals surface area contributed by atoms with Crippen LogP contribution in [0.25, 0.3) is 0 Å². The number of hydrogen-bond acceptors (Lipinski definition) is 11. The normalized spacial score (nSPS) is 24.2. The van der Waals surface area contributed by atoms with Gasteiger partial charge >= 0.3 is 0 Å². The molecule has 0 saturated carbocycles. The molecule has 11 nitrogen and oxygen atoms in total. The summed E-state index contributed by atoms with van der Waals surface area (Å²) in [6, 6.07) is 69.6. The standard InChI is InChI=1S/C61H64O11/c62-60-58(68-41-50-32-18-6-19-33-50)57(67-40-49-30-16-5-17-31-49)55(53(70-60)44-64-37-46-24-10-2-11-25-46)72-61-59(69-42-51-34-20-7-21-35-51)56(66-39-48-28-14-4-15-29-48)54(65-38-47-26-12-3-13-27-47)52(71-61)43-63-36-45-22-8-1-9-23-45/h1-35,52-62H,36-44H2/t52?,53?,54-,55-,56?,57?,58?,59?,60+,61+/m1/s1. The van der Waals surface area contributed by atoms with Gasteiger partial charge in [-0.3, -0.25) is 0 Å². The third-order valence-electron chi connectivity index (χ3n) is 12.7. The van der Waals surface area contributed by atoms with E-state index in [1.54, 1.807) is 0 Å². The first-order valence-electron chi connectivity index (χ1n) is 24.8. The largest absolute Gasteiger partial charge is 0.374 e. The smallest absolute Gasteiger partial charge is 0.187 e. The zero-order valence-electron chi connectivity index (χ0n) is 40.4. The molecule has 2 fully saturated rings. The lowest BCUT2D eigenvalue weighted by Gasteiger charge is -2.49. The summed E-state index contributed by atoms with van der Waals surface area (Å²) in [5, 5.41) is 12.0. The topological polar surface area (TPSA) is 113 Å². The Balaban J connectivity index is 1.10. The number of aliphatic hydroxyl groups is 1. The molecule has 0 amide bonds. The van der Waals surface area contributed by atoms with Gasteiger partial charge < -0.3 is 52.5 Å². The lowest BCUT2D eigenvalue weighted by atomic mass is 9.95. The van der Waals surface area contributed by atoms with Crippen molar-refractivity contribution in [3.05, 3.63) is 251 Å². The molecule has 2 aliphatic rings. The van der Waals surface area contributed by atoms with Crippen LogP contribution in [0.2, 0.25) is 0 Å². The van der Waals surface area contributed by atoms with Gasteiger partial charge in [0.25, 0.3) is 0 Å². The second-order valence-electron chi connectivity index (χ2n) is 18.0. The minimum atomic E-state index is -1.41. The quantitative estimate of drug-likeness (QED) is 0.0591. The van der Waals surface area contributed by atoms with Gasteiger partial charge in [-0.1, -0.05) is 212 Å². The lowest BCUT2D eigenvalue weighted by Crippen LogP contribution is -2.66. The molecule has 2 heterocycles. The summed E-state index contributed by atoms with van der Waals surface area (Å²) in [6.07, 6.45) is -9.37. The lowest BCUT2D eigenvalue weighted by molar-refractivity contribution is -0.374. The Bertz CT molecular complexity index is 2550. The van der Waals surface area contributed by atoms with Gasteiger partial charge in [0.1, 0.15) is 48.8 Å². The van der Waals surface area contributed by atoms with Crippen LogP contribution < -0.4 is 0 Å². The maximum absolute atomic E-state index is 12.0. The van der Waals surface area contributed by atoms with Crippen molar-refractivity contribution in [3.8, 4) is 0 Å². The van der Waals surface area contributed by atoms with Crippen molar-refractivity contribution in [2.45, 2.75) is 108 Å². The van der Waals surface area contributed by atoms with E-state index in [4.69, 9.17) is 47.4 Å². The van der Waals surface area contributed by atoms with Crippen molar-refractivity contribution >= 4 is 0 Å². The van der Waals surface area contributed by atoms with E-state index in [-0.39, 0.29) is 46.2 Å². The van der Waals surface area contributed by atoms with Crippen molar-refractivity contribution in [1.82, 2.24) is 0 Å². The Kier molecular flexibility index (Phi) is 19.3. The number of rotatable bonds is 25. The Morgan fingerprint density at radius 1 is 0.292 bits per heavy atom. The molecule has 1 N–H and O–H groups in total. The van der Waals surface area contributed by atoms with E-state index < -0.39 is 61.4 Å². The van der Waals surface area contributed by atoms with Crippen LogP contribution in [-0.2, 0) is 93.6 Å². The third-order valence-corrected chi connectivity index (χ3v) is 12.7. The van der Waals surface area contributed by atoms with Crippen molar-refractivity contribution < 1.29 is 52.5 Å². The van der Waals surface area contributed by atoms with Crippen molar-refractivity contribution in [2.75, 3.05) is 13.2 Å². The predicted octanol–water partition coefficient (Wildman–Crippen LogP) is 10.2. The minimum Gasteiger partial charge on any atom is -0.374 e. The molecule has 11 heteroatoms. The van der Waals surface area contributed by atoms with E-state index in [0.29, 0.717) is 13.2 Å². The number of benzene rings is 7. The summed E-state index contributed by atoms with van der Waals surface area (Å²) < 4.78 is 68.6. The number of hydrogen-bond donors (Lipinski definition) is 1. The van der Waals surface area contributed by atoms with Crippen LogP contribution in [0.3, 0.4) is 0 Å². The molecule has 0 aliphatic carbocycles. The fraction of sp³-hybridized carbons (Fsp3) is 0.311. The van der Waals surface area contributed by atoms with Crippen LogP contribution in [0, 0.1) is 0 Å². The maximum Gasteiger partial charge on any atom is 0.187 e. The summed E-state index contributed by atoms with van der Waals surface area (Å²) in [7, 11) is 0. The van der Waals surface area contributed by atoms with Crippen molar-refractivity contribution in [2.24, 2.45) is 0 Å². The first-order valence-corrected chi connectivity index (χ1v) is 24.8. The van der Waals surface area contributed by atoms with Gasteiger partial charge in [-0.15, -0.1) is 0 Å². The number of ether oxygens (including phenoxy) is 10. The highest BCUT2D eigenvalue weighted by atomic mass is 16.8. The Morgan fingerprint density at radius 3 is 0.931 bits per heavy atom. The molecule has 0 spiro atoms. The highest BCUT2D eigenvalue weighted by Gasteiger charge is 2.54. The molecule has 6 unspecified atom stereocenters. The highest BCUT2D eigenvalue weighted by molar-refractivity contribution is 5.19. The molecule has 0 bridgehead atoms. The Morgan fingerprint density at radius 2 is 0.569 bits per heavy atom. The maximum atomic E-state index is 12.0. The van der Waals surface area contributed by atoms with E-state index in [1.807, 2.05) is 212 Å². The molecule has 10 atom stereocenters. The SMILES string of the molecule is O[C@H]1OC(COCc2ccccc2)[C@@H](O[C@@H]2OC(COCc3ccccc3)[C@@H](OCc3ccccc3)C(OCc3ccccc3)C2OCc2ccccc2)C(OCc2ccccc2)C1OCc1ccccc1. The van der Waals surface area contributed by atoms with Gasteiger partial charge in [0.15, 0.2) is 12.6 Å². The molecule has 9 rings (SSSR count). The molecular weight excluding hydrogens is 909 g/mol. The van der Waals surface area contributed by atoms with Crippen LogP contribution in [0.5, 0.6) is 0 Å². The summed E-state index contributed by atoms with van der Waals surface area (Å²) in [6.45, 7) is 1.91. The predicted molar refractivity (Wildman–Crippen MR) is 272 cm³/mol. The van der Waals surface area contributed by atoms with E-state index in [2.05, 4.69) is 0 Å². The van der Waals surface area contributed by atoms with E-state index >= 15 is 0 Å². The molecule has 374 valence electrons. The summed E-state index contributed by atoms with van der Waals surface area (Å²) >= 11 is 0. The van der Waals surface area contributed by atoms with Gasteiger partial charge in [0.05, 0.1) is 59.5 Å². The fourth-order valence-electron chi connectivity index (χ4n) is 8.97. The van der Waals surface area contributed by atoms with E-state index in [0.717, 1.165) is 38.9 Å². The molecule has 0 radical (unpaired) electrons. The van der Waals surface area contributed by atoms with Gasteiger partial charge in [0, 0.05) is 0 Å². The van der Waals surface area contributed by atoms with Crippen LogP contribution in [-0.4, -0.2) is 79.7 Å². The van der Waals surface area contributed by atoms with E-state index in [9.17, 15) is 5.11 Å². The molecule has 0 aromatic heterocycles.